The molecule has 3 nitrogen and oxygen atoms in total. The Balaban J connectivity index is 1.81. The minimum Gasteiger partial charge on any atom is -0.388 e. The fourth-order valence-corrected chi connectivity index (χ4v) is 3.39. The number of thioether (sulfide) groups is 1. The third-order valence-corrected chi connectivity index (χ3v) is 4.99. The summed E-state index contributed by atoms with van der Waals surface area (Å²) in [5.74, 6) is -0.0368. The Hall–Kier alpha value is -0.710. The van der Waals surface area contributed by atoms with Crippen molar-refractivity contribution in [2.24, 2.45) is 0 Å². The molecule has 1 aromatic carbocycles. The van der Waals surface area contributed by atoms with E-state index in [0.29, 0.717) is 11.6 Å². The van der Waals surface area contributed by atoms with Crippen LogP contribution in [0.1, 0.15) is 32.6 Å². The number of hydrogen-bond acceptors (Lipinski definition) is 3. The zero-order valence-electron chi connectivity index (χ0n) is 11.6. The predicted molar refractivity (Wildman–Crippen MR) is 83.2 cm³/mol. The van der Waals surface area contributed by atoms with Crippen LogP contribution in [0.3, 0.4) is 0 Å². The highest BCUT2D eigenvalue weighted by molar-refractivity contribution is 8.00. The monoisotopic (exact) mass is 313 g/mol. The highest BCUT2D eigenvalue weighted by Crippen LogP contribution is 2.29. The maximum Gasteiger partial charge on any atom is 0.233 e. The molecule has 1 aliphatic carbocycles. The van der Waals surface area contributed by atoms with E-state index in [1.54, 1.807) is 0 Å². The molecule has 0 radical (unpaired) electrons. The van der Waals surface area contributed by atoms with Crippen LogP contribution in [0.25, 0.3) is 0 Å². The molecule has 0 bridgehead atoms. The Bertz CT molecular complexity index is 457. The first-order valence-electron chi connectivity index (χ1n) is 6.91. The first kappa shape index (κ1) is 15.7. The van der Waals surface area contributed by atoms with Crippen molar-refractivity contribution in [2.45, 2.75) is 48.4 Å². The van der Waals surface area contributed by atoms with Gasteiger partial charge in [-0.2, -0.15) is 0 Å². The van der Waals surface area contributed by atoms with Gasteiger partial charge in [0.25, 0.3) is 0 Å². The van der Waals surface area contributed by atoms with Gasteiger partial charge in [-0.25, -0.2) is 0 Å². The fourth-order valence-electron chi connectivity index (χ4n) is 2.38. The minimum atomic E-state index is -0.694. The van der Waals surface area contributed by atoms with E-state index < -0.39 is 5.60 Å². The van der Waals surface area contributed by atoms with Crippen LogP contribution in [-0.2, 0) is 4.79 Å². The predicted octanol–water partition coefficient (Wildman–Crippen LogP) is 3.24. The van der Waals surface area contributed by atoms with E-state index in [9.17, 15) is 9.90 Å². The van der Waals surface area contributed by atoms with Crippen LogP contribution in [0.4, 0.5) is 0 Å². The average Bonchev–Trinajstić information content (AvgIpc) is 2.86. The van der Waals surface area contributed by atoms with Crippen molar-refractivity contribution in [1.29, 1.82) is 0 Å². The molecule has 5 heteroatoms. The van der Waals surface area contributed by atoms with Crippen molar-refractivity contribution in [3.05, 3.63) is 29.3 Å². The molecular weight excluding hydrogens is 294 g/mol. The summed E-state index contributed by atoms with van der Waals surface area (Å²) in [4.78, 5) is 13.1. The number of halogens is 1. The Labute approximate surface area is 129 Å². The van der Waals surface area contributed by atoms with Gasteiger partial charge in [-0.15, -0.1) is 11.8 Å². The number of rotatable bonds is 5. The van der Waals surface area contributed by atoms with Crippen LogP contribution in [0.2, 0.25) is 5.02 Å². The van der Waals surface area contributed by atoms with Crippen LogP contribution >= 0.6 is 23.4 Å². The zero-order chi connectivity index (χ0) is 14.6. The highest BCUT2D eigenvalue weighted by Gasteiger charge is 2.31. The van der Waals surface area contributed by atoms with Gasteiger partial charge in [-0.05, 0) is 44.0 Å². The maximum atomic E-state index is 12.0. The van der Waals surface area contributed by atoms with Gasteiger partial charge in [0.1, 0.15) is 0 Å². The molecule has 2 N–H and O–H groups in total. The molecular formula is C15H20ClNO2S. The molecule has 0 spiro atoms. The molecule has 0 saturated heterocycles. The van der Waals surface area contributed by atoms with Gasteiger partial charge < -0.3 is 10.4 Å². The second kappa shape index (κ2) is 6.83. The van der Waals surface area contributed by atoms with Crippen LogP contribution in [0.5, 0.6) is 0 Å². The lowest BCUT2D eigenvalue weighted by Crippen LogP contribution is -2.43. The lowest BCUT2D eigenvalue weighted by molar-refractivity contribution is -0.121. The number of nitrogens with one attached hydrogen (secondary N) is 1. The van der Waals surface area contributed by atoms with Crippen molar-refractivity contribution in [3.8, 4) is 0 Å². The lowest BCUT2D eigenvalue weighted by atomic mass is 10.0. The number of carbonyl (C=O) groups is 1. The van der Waals surface area contributed by atoms with E-state index in [1.807, 2.05) is 31.2 Å². The van der Waals surface area contributed by atoms with E-state index in [2.05, 4.69) is 5.32 Å². The summed E-state index contributed by atoms with van der Waals surface area (Å²) in [6.45, 7) is 2.23. The third kappa shape index (κ3) is 4.40. The average molecular weight is 314 g/mol. The molecule has 1 aliphatic rings. The largest absolute Gasteiger partial charge is 0.388 e. The summed E-state index contributed by atoms with van der Waals surface area (Å²) in [5.41, 5.74) is -0.694. The number of hydrogen-bond donors (Lipinski definition) is 2. The van der Waals surface area contributed by atoms with Crippen molar-refractivity contribution < 1.29 is 9.90 Å². The second-order valence-corrected chi connectivity index (χ2v) is 7.21. The van der Waals surface area contributed by atoms with Gasteiger partial charge >= 0.3 is 0 Å². The summed E-state index contributed by atoms with van der Waals surface area (Å²) >= 11 is 7.32. The van der Waals surface area contributed by atoms with Gasteiger partial charge in [0.2, 0.25) is 5.91 Å². The summed E-state index contributed by atoms with van der Waals surface area (Å²) in [5, 5.41) is 13.6. The van der Waals surface area contributed by atoms with Crippen molar-refractivity contribution in [1.82, 2.24) is 5.32 Å². The molecule has 1 atom stereocenters. The van der Waals surface area contributed by atoms with Crippen LogP contribution in [0, 0.1) is 0 Å². The second-order valence-electron chi connectivity index (χ2n) is 5.36. The standard InChI is InChI=1S/C15H20ClNO2S/c1-11(20-13-6-4-12(16)5-7-13)14(18)17-10-15(19)8-2-3-9-15/h4-7,11,19H,2-3,8-10H2,1H3,(H,17,18). The number of carbonyl (C=O) groups excluding carboxylic acids is 1. The normalized spacial score (nSPS) is 18.8. The molecule has 1 amide bonds. The van der Waals surface area contributed by atoms with Gasteiger partial charge in [0.05, 0.1) is 10.9 Å². The molecule has 1 saturated carbocycles. The number of aliphatic hydroxyl groups is 1. The minimum absolute atomic E-state index is 0.0368. The van der Waals surface area contributed by atoms with E-state index in [0.717, 1.165) is 30.6 Å². The topological polar surface area (TPSA) is 49.3 Å². The molecule has 1 fully saturated rings. The summed E-state index contributed by atoms with van der Waals surface area (Å²) < 4.78 is 0. The molecule has 2 rings (SSSR count). The van der Waals surface area contributed by atoms with Gasteiger partial charge in [-0.1, -0.05) is 24.4 Å². The van der Waals surface area contributed by atoms with Gasteiger partial charge in [0, 0.05) is 16.5 Å². The Morgan fingerprint density at radius 2 is 2.00 bits per heavy atom. The lowest BCUT2D eigenvalue weighted by Gasteiger charge is -2.23. The molecule has 20 heavy (non-hydrogen) atoms. The molecule has 110 valence electrons. The maximum absolute atomic E-state index is 12.0. The van der Waals surface area contributed by atoms with E-state index >= 15 is 0 Å². The zero-order valence-corrected chi connectivity index (χ0v) is 13.1. The summed E-state index contributed by atoms with van der Waals surface area (Å²) in [7, 11) is 0. The third-order valence-electron chi connectivity index (χ3n) is 3.62. The van der Waals surface area contributed by atoms with E-state index in [1.165, 1.54) is 11.8 Å². The van der Waals surface area contributed by atoms with Crippen molar-refractivity contribution in [3.63, 3.8) is 0 Å². The van der Waals surface area contributed by atoms with Crippen LogP contribution in [0.15, 0.2) is 29.2 Å². The van der Waals surface area contributed by atoms with Crippen LogP contribution < -0.4 is 5.32 Å². The molecule has 0 aromatic heterocycles. The SMILES string of the molecule is CC(Sc1ccc(Cl)cc1)C(=O)NCC1(O)CCCC1. The summed E-state index contributed by atoms with van der Waals surface area (Å²) in [6, 6.07) is 7.44. The summed E-state index contributed by atoms with van der Waals surface area (Å²) in [6.07, 6.45) is 3.65. The molecule has 1 unspecified atom stereocenters. The Morgan fingerprint density at radius 3 is 2.60 bits per heavy atom. The molecule has 1 aromatic rings. The van der Waals surface area contributed by atoms with Crippen LogP contribution in [-0.4, -0.2) is 28.4 Å². The smallest absolute Gasteiger partial charge is 0.233 e. The van der Waals surface area contributed by atoms with Gasteiger partial charge in [0.15, 0.2) is 0 Å². The molecule has 0 aliphatic heterocycles. The number of amides is 1. The molecule has 0 heterocycles. The first-order valence-corrected chi connectivity index (χ1v) is 8.17. The van der Waals surface area contributed by atoms with Crippen molar-refractivity contribution >= 4 is 29.3 Å². The van der Waals surface area contributed by atoms with E-state index in [4.69, 9.17) is 11.6 Å². The Kier molecular flexibility index (Phi) is 5.35. The quantitative estimate of drug-likeness (QED) is 0.820. The Morgan fingerprint density at radius 1 is 1.40 bits per heavy atom. The first-order chi connectivity index (χ1) is 9.48. The number of benzene rings is 1. The van der Waals surface area contributed by atoms with E-state index in [-0.39, 0.29) is 11.2 Å². The van der Waals surface area contributed by atoms with Gasteiger partial charge in [-0.3, -0.25) is 4.79 Å². The fraction of sp³-hybridized carbons (Fsp3) is 0.533. The highest BCUT2D eigenvalue weighted by atomic mass is 35.5. The van der Waals surface area contributed by atoms with Crippen molar-refractivity contribution in [2.75, 3.05) is 6.54 Å².